The number of carbonyl (C=O) groups excluding carboxylic acids is 1. The number of aldehydes is 1. The average molecular weight is 211 g/mol. The topological polar surface area (TPSA) is 43.1 Å². The molecule has 2 N–H and O–H groups in total. The van der Waals surface area contributed by atoms with Crippen molar-refractivity contribution >= 4 is 12.0 Å². The number of nitrogens with two attached hydrogens (primary N) is 1. The predicted octanol–water partition coefficient (Wildman–Crippen LogP) is 3.06. The van der Waals surface area contributed by atoms with Crippen LogP contribution in [0.4, 0.5) is 5.69 Å². The number of benzene rings is 2. The van der Waals surface area contributed by atoms with Gasteiger partial charge in [0.2, 0.25) is 0 Å². The fraction of sp³-hybridized carbons (Fsp3) is 0.0714. The summed E-state index contributed by atoms with van der Waals surface area (Å²) >= 11 is 0. The van der Waals surface area contributed by atoms with Crippen LogP contribution in [0.1, 0.15) is 15.9 Å². The third kappa shape index (κ3) is 1.82. The second kappa shape index (κ2) is 4.19. The van der Waals surface area contributed by atoms with Gasteiger partial charge in [-0.1, -0.05) is 36.4 Å². The molecule has 2 aromatic rings. The third-order valence-corrected chi connectivity index (χ3v) is 2.67. The van der Waals surface area contributed by atoms with Crippen LogP contribution in [0.25, 0.3) is 11.1 Å². The van der Waals surface area contributed by atoms with Gasteiger partial charge in [0, 0.05) is 16.8 Å². The standard InChI is InChI=1S/C14H13NO/c1-10-8-11(6-7-12(10)9-16)13-4-2-3-5-14(13)15/h2-9H,15H2,1H3. The van der Waals surface area contributed by atoms with Crippen LogP contribution in [0.5, 0.6) is 0 Å². The third-order valence-electron chi connectivity index (χ3n) is 2.67. The zero-order valence-electron chi connectivity index (χ0n) is 9.10. The summed E-state index contributed by atoms with van der Waals surface area (Å²) in [6.45, 7) is 1.92. The summed E-state index contributed by atoms with van der Waals surface area (Å²) in [7, 11) is 0. The van der Waals surface area contributed by atoms with E-state index in [1.165, 1.54) is 0 Å². The molecule has 2 nitrogen and oxygen atoms in total. The molecule has 0 aliphatic heterocycles. The van der Waals surface area contributed by atoms with Gasteiger partial charge in [-0.25, -0.2) is 0 Å². The Morgan fingerprint density at radius 3 is 2.50 bits per heavy atom. The fourth-order valence-corrected chi connectivity index (χ4v) is 1.74. The van der Waals surface area contributed by atoms with Crippen LogP contribution >= 0.6 is 0 Å². The van der Waals surface area contributed by atoms with Gasteiger partial charge in [-0.15, -0.1) is 0 Å². The molecule has 2 aromatic carbocycles. The van der Waals surface area contributed by atoms with Crippen LogP contribution in [0.2, 0.25) is 0 Å². The van der Waals surface area contributed by atoms with E-state index in [1.807, 2.05) is 49.4 Å². The summed E-state index contributed by atoms with van der Waals surface area (Å²) in [5.74, 6) is 0. The van der Waals surface area contributed by atoms with Gasteiger partial charge in [-0.2, -0.15) is 0 Å². The number of nitrogen functional groups attached to an aromatic ring is 1. The molecule has 0 unspecified atom stereocenters. The maximum Gasteiger partial charge on any atom is 0.150 e. The summed E-state index contributed by atoms with van der Waals surface area (Å²) in [5, 5.41) is 0. The normalized spacial score (nSPS) is 10.1. The van der Waals surface area contributed by atoms with Gasteiger partial charge >= 0.3 is 0 Å². The molecule has 0 aliphatic carbocycles. The molecule has 2 rings (SSSR count). The van der Waals surface area contributed by atoms with E-state index < -0.39 is 0 Å². The number of rotatable bonds is 2. The SMILES string of the molecule is Cc1cc(-c2ccccc2N)ccc1C=O. The molecule has 0 saturated heterocycles. The molecular formula is C14H13NO. The molecule has 0 fully saturated rings. The molecular weight excluding hydrogens is 198 g/mol. The molecule has 0 bridgehead atoms. The summed E-state index contributed by atoms with van der Waals surface area (Å²) in [6, 6.07) is 13.4. The van der Waals surface area contributed by atoms with Crippen molar-refractivity contribution in [2.75, 3.05) is 5.73 Å². The zero-order valence-corrected chi connectivity index (χ0v) is 9.10. The molecule has 16 heavy (non-hydrogen) atoms. The van der Waals surface area contributed by atoms with Gasteiger partial charge in [0.1, 0.15) is 6.29 Å². The van der Waals surface area contributed by atoms with E-state index >= 15 is 0 Å². The average Bonchev–Trinajstić information content (AvgIpc) is 2.29. The maximum atomic E-state index is 10.7. The molecule has 0 spiro atoms. The Labute approximate surface area is 94.7 Å². The van der Waals surface area contributed by atoms with Crippen molar-refractivity contribution in [3.8, 4) is 11.1 Å². The minimum atomic E-state index is 0.721. The lowest BCUT2D eigenvalue weighted by atomic mass is 9.99. The van der Waals surface area contributed by atoms with E-state index in [9.17, 15) is 4.79 Å². The Balaban J connectivity index is 2.54. The summed E-state index contributed by atoms with van der Waals surface area (Å²) in [6.07, 6.45) is 0.869. The Morgan fingerprint density at radius 2 is 1.88 bits per heavy atom. The van der Waals surface area contributed by atoms with Crippen LogP contribution in [-0.2, 0) is 0 Å². The Kier molecular flexibility index (Phi) is 2.73. The number of carbonyl (C=O) groups is 1. The Bertz CT molecular complexity index is 532. The molecule has 0 amide bonds. The van der Waals surface area contributed by atoms with Gasteiger partial charge < -0.3 is 5.73 Å². The number of hydrogen-bond donors (Lipinski definition) is 1. The first-order valence-corrected chi connectivity index (χ1v) is 5.13. The van der Waals surface area contributed by atoms with Crippen molar-refractivity contribution in [2.45, 2.75) is 6.92 Å². The lowest BCUT2D eigenvalue weighted by Gasteiger charge is -2.07. The lowest BCUT2D eigenvalue weighted by Crippen LogP contribution is -1.91. The highest BCUT2D eigenvalue weighted by molar-refractivity contribution is 5.82. The molecule has 0 aliphatic rings. The first-order valence-electron chi connectivity index (χ1n) is 5.13. The molecule has 0 radical (unpaired) electrons. The lowest BCUT2D eigenvalue weighted by molar-refractivity contribution is 0.112. The van der Waals surface area contributed by atoms with E-state index in [4.69, 9.17) is 5.73 Å². The number of hydrogen-bond acceptors (Lipinski definition) is 2. The highest BCUT2D eigenvalue weighted by atomic mass is 16.1. The van der Waals surface area contributed by atoms with Crippen LogP contribution in [0.15, 0.2) is 42.5 Å². The molecule has 0 atom stereocenters. The molecule has 80 valence electrons. The van der Waals surface area contributed by atoms with Gasteiger partial charge in [0.05, 0.1) is 0 Å². The smallest absolute Gasteiger partial charge is 0.150 e. The van der Waals surface area contributed by atoms with Crippen molar-refractivity contribution in [3.63, 3.8) is 0 Å². The molecule has 2 heteroatoms. The fourth-order valence-electron chi connectivity index (χ4n) is 1.74. The minimum absolute atomic E-state index is 0.721. The van der Waals surface area contributed by atoms with Crippen molar-refractivity contribution in [3.05, 3.63) is 53.6 Å². The number of aryl methyl sites for hydroxylation is 1. The summed E-state index contributed by atoms with van der Waals surface area (Å²) in [4.78, 5) is 10.7. The van der Waals surface area contributed by atoms with E-state index in [0.717, 1.165) is 34.2 Å². The molecule has 0 aromatic heterocycles. The summed E-state index contributed by atoms with van der Waals surface area (Å²) in [5.41, 5.74) is 10.4. The quantitative estimate of drug-likeness (QED) is 0.612. The first kappa shape index (κ1) is 10.4. The van der Waals surface area contributed by atoms with E-state index in [1.54, 1.807) is 0 Å². The minimum Gasteiger partial charge on any atom is -0.398 e. The highest BCUT2D eigenvalue weighted by Gasteiger charge is 2.03. The maximum absolute atomic E-state index is 10.7. The first-order chi connectivity index (χ1) is 7.72. The highest BCUT2D eigenvalue weighted by Crippen LogP contribution is 2.26. The van der Waals surface area contributed by atoms with Gasteiger partial charge in [-0.3, -0.25) is 4.79 Å². The van der Waals surface area contributed by atoms with E-state index in [2.05, 4.69) is 0 Å². The Hall–Kier alpha value is -2.09. The van der Waals surface area contributed by atoms with Crippen molar-refractivity contribution in [1.82, 2.24) is 0 Å². The molecule has 0 saturated carbocycles. The molecule has 0 heterocycles. The van der Waals surface area contributed by atoms with Crippen LogP contribution in [0, 0.1) is 6.92 Å². The van der Waals surface area contributed by atoms with E-state index in [-0.39, 0.29) is 0 Å². The van der Waals surface area contributed by atoms with Gasteiger partial charge in [0.15, 0.2) is 0 Å². The number of para-hydroxylation sites is 1. The van der Waals surface area contributed by atoms with Crippen molar-refractivity contribution in [1.29, 1.82) is 0 Å². The monoisotopic (exact) mass is 211 g/mol. The predicted molar refractivity (Wildman–Crippen MR) is 66.4 cm³/mol. The van der Waals surface area contributed by atoms with Crippen LogP contribution in [0.3, 0.4) is 0 Å². The van der Waals surface area contributed by atoms with Crippen molar-refractivity contribution < 1.29 is 4.79 Å². The zero-order chi connectivity index (χ0) is 11.5. The Morgan fingerprint density at radius 1 is 1.12 bits per heavy atom. The van der Waals surface area contributed by atoms with Crippen LogP contribution in [-0.4, -0.2) is 6.29 Å². The van der Waals surface area contributed by atoms with Crippen LogP contribution < -0.4 is 5.73 Å². The van der Waals surface area contributed by atoms with Gasteiger partial charge in [0.25, 0.3) is 0 Å². The largest absolute Gasteiger partial charge is 0.398 e. The summed E-state index contributed by atoms with van der Waals surface area (Å²) < 4.78 is 0. The second-order valence-electron chi connectivity index (χ2n) is 3.78. The van der Waals surface area contributed by atoms with E-state index in [0.29, 0.717) is 0 Å². The second-order valence-corrected chi connectivity index (χ2v) is 3.78. The van der Waals surface area contributed by atoms with Gasteiger partial charge in [-0.05, 0) is 24.1 Å². The number of anilines is 1. The van der Waals surface area contributed by atoms with Crippen molar-refractivity contribution in [2.24, 2.45) is 0 Å².